The third-order valence-electron chi connectivity index (χ3n) is 3.43. The molecule has 0 amide bonds. The number of phenolic OH excluding ortho intramolecular Hbond substituents is 1. The summed E-state index contributed by atoms with van der Waals surface area (Å²) in [6.45, 7) is 0.607. The van der Waals surface area contributed by atoms with Crippen LogP contribution in [0.15, 0.2) is 24.3 Å². The molecular formula is C14H19ClF3NO2. The highest BCUT2D eigenvalue weighted by atomic mass is 35.5. The van der Waals surface area contributed by atoms with Crippen LogP contribution in [0.1, 0.15) is 12.8 Å². The van der Waals surface area contributed by atoms with E-state index in [0.29, 0.717) is 38.3 Å². The van der Waals surface area contributed by atoms with Crippen molar-refractivity contribution in [1.29, 1.82) is 0 Å². The minimum Gasteiger partial charge on any atom is -0.508 e. The Balaban J connectivity index is 0.00000220. The number of likely N-dealkylation sites (tertiary alicyclic amines) is 1. The minimum absolute atomic E-state index is 0. The molecule has 2 rings (SSSR count). The van der Waals surface area contributed by atoms with Gasteiger partial charge in [0.15, 0.2) is 0 Å². The second kappa shape index (κ2) is 7.75. The standard InChI is InChI=1S/C14H18F3NO2.ClH/c15-14(16,17)10-18-7-5-11(6-8-18)9-20-13-3-1-12(19)2-4-13;/h1-4,11,19H,5-10H2;1H. The normalized spacial score (nSPS) is 17.3. The summed E-state index contributed by atoms with van der Waals surface area (Å²) >= 11 is 0. The summed E-state index contributed by atoms with van der Waals surface area (Å²) in [5.41, 5.74) is 0. The molecule has 120 valence electrons. The number of aromatic hydroxyl groups is 1. The van der Waals surface area contributed by atoms with Crippen LogP contribution in [0.4, 0.5) is 13.2 Å². The lowest BCUT2D eigenvalue weighted by Crippen LogP contribution is -2.41. The Morgan fingerprint density at radius 1 is 1.14 bits per heavy atom. The van der Waals surface area contributed by atoms with Crippen molar-refractivity contribution in [2.75, 3.05) is 26.2 Å². The first-order valence-electron chi connectivity index (χ1n) is 6.63. The molecule has 0 radical (unpaired) electrons. The number of hydrogen-bond acceptors (Lipinski definition) is 3. The Bertz CT molecular complexity index is 417. The number of nitrogens with zero attached hydrogens (tertiary/aromatic N) is 1. The first-order valence-corrected chi connectivity index (χ1v) is 6.63. The van der Waals surface area contributed by atoms with Crippen molar-refractivity contribution in [1.82, 2.24) is 4.90 Å². The molecule has 0 atom stereocenters. The molecule has 1 N–H and O–H groups in total. The van der Waals surface area contributed by atoms with E-state index in [4.69, 9.17) is 9.84 Å². The number of rotatable bonds is 4. The first-order chi connectivity index (χ1) is 9.42. The fraction of sp³-hybridized carbons (Fsp3) is 0.571. The molecule has 1 aromatic rings. The number of piperidine rings is 1. The lowest BCUT2D eigenvalue weighted by Gasteiger charge is -2.32. The lowest BCUT2D eigenvalue weighted by molar-refractivity contribution is -0.148. The summed E-state index contributed by atoms with van der Waals surface area (Å²) in [4.78, 5) is 1.44. The van der Waals surface area contributed by atoms with Gasteiger partial charge in [-0.1, -0.05) is 0 Å². The zero-order valence-corrected chi connectivity index (χ0v) is 12.3. The Morgan fingerprint density at radius 3 is 2.24 bits per heavy atom. The summed E-state index contributed by atoms with van der Waals surface area (Å²) in [6, 6.07) is 6.44. The van der Waals surface area contributed by atoms with E-state index in [1.54, 1.807) is 24.3 Å². The van der Waals surface area contributed by atoms with Gasteiger partial charge in [-0.05, 0) is 56.1 Å². The predicted octanol–water partition coefficient (Wildman–Crippen LogP) is 3.47. The molecule has 0 spiro atoms. The quantitative estimate of drug-likeness (QED) is 0.920. The van der Waals surface area contributed by atoms with Crippen molar-refractivity contribution in [3.63, 3.8) is 0 Å². The number of alkyl halides is 3. The van der Waals surface area contributed by atoms with Crippen molar-refractivity contribution in [2.24, 2.45) is 5.92 Å². The molecule has 1 saturated heterocycles. The highest BCUT2D eigenvalue weighted by Crippen LogP contribution is 2.23. The molecule has 3 nitrogen and oxygen atoms in total. The van der Waals surface area contributed by atoms with Crippen LogP contribution >= 0.6 is 12.4 Å². The Hall–Kier alpha value is -1.14. The van der Waals surface area contributed by atoms with Crippen LogP contribution in [0.5, 0.6) is 11.5 Å². The van der Waals surface area contributed by atoms with Gasteiger partial charge in [-0.2, -0.15) is 13.2 Å². The third-order valence-corrected chi connectivity index (χ3v) is 3.43. The highest BCUT2D eigenvalue weighted by molar-refractivity contribution is 5.85. The number of halogens is 4. The molecule has 1 aromatic carbocycles. The summed E-state index contributed by atoms with van der Waals surface area (Å²) in [5.74, 6) is 1.13. The fourth-order valence-corrected chi connectivity index (χ4v) is 2.32. The molecule has 0 saturated carbocycles. The minimum atomic E-state index is -4.12. The van der Waals surface area contributed by atoms with E-state index >= 15 is 0 Å². The summed E-state index contributed by atoms with van der Waals surface area (Å²) in [5, 5.41) is 9.14. The molecule has 1 aliphatic rings. The van der Waals surface area contributed by atoms with Crippen LogP contribution in [0.2, 0.25) is 0 Å². The SMILES string of the molecule is Cl.Oc1ccc(OCC2CCN(CC(F)(F)F)CC2)cc1. The first kappa shape index (κ1) is 17.9. The highest BCUT2D eigenvalue weighted by Gasteiger charge is 2.32. The monoisotopic (exact) mass is 325 g/mol. The van der Waals surface area contributed by atoms with Gasteiger partial charge in [0.1, 0.15) is 11.5 Å². The van der Waals surface area contributed by atoms with Crippen molar-refractivity contribution in [3.8, 4) is 11.5 Å². The molecule has 0 bridgehead atoms. The topological polar surface area (TPSA) is 32.7 Å². The predicted molar refractivity (Wildman–Crippen MR) is 76.1 cm³/mol. The van der Waals surface area contributed by atoms with Gasteiger partial charge in [0.2, 0.25) is 0 Å². The summed E-state index contributed by atoms with van der Waals surface area (Å²) in [6.07, 6.45) is -2.68. The maximum atomic E-state index is 12.3. The van der Waals surface area contributed by atoms with Gasteiger partial charge >= 0.3 is 6.18 Å². The van der Waals surface area contributed by atoms with E-state index in [0.717, 1.165) is 0 Å². The number of hydrogen-bond donors (Lipinski definition) is 1. The number of phenols is 1. The van der Waals surface area contributed by atoms with E-state index in [9.17, 15) is 13.2 Å². The van der Waals surface area contributed by atoms with E-state index in [1.165, 1.54) is 4.90 Å². The van der Waals surface area contributed by atoms with E-state index in [2.05, 4.69) is 0 Å². The Morgan fingerprint density at radius 2 is 1.71 bits per heavy atom. The zero-order chi connectivity index (χ0) is 14.6. The smallest absolute Gasteiger partial charge is 0.401 e. The van der Waals surface area contributed by atoms with Gasteiger partial charge in [0, 0.05) is 0 Å². The lowest BCUT2D eigenvalue weighted by atomic mass is 9.98. The van der Waals surface area contributed by atoms with Crippen LogP contribution in [-0.4, -0.2) is 42.4 Å². The van der Waals surface area contributed by atoms with Gasteiger partial charge in [-0.3, -0.25) is 4.90 Å². The van der Waals surface area contributed by atoms with Crippen LogP contribution in [0, 0.1) is 5.92 Å². The van der Waals surface area contributed by atoms with Gasteiger partial charge < -0.3 is 9.84 Å². The molecular weight excluding hydrogens is 307 g/mol. The van der Waals surface area contributed by atoms with Crippen molar-refractivity contribution in [2.45, 2.75) is 19.0 Å². The third kappa shape index (κ3) is 6.44. The summed E-state index contributed by atoms with van der Waals surface area (Å²) < 4.78 is 42.3. The number of ether oxygens (including phenoxy) is 1. The van der Waals surface area contributed by atoms with Crippen molar-refractivity contribution >= 4 is 12.4 Å². The molecule has 0 aromatic heterocycles. The largest absolute Gasteiger partial charge is 0.508 e. The van der Waals surface area contributed by atoms with Crippen LogP contribution in [0.25, 0.3) is 0 Å². The Labute approximate surface area is 128 Å². The van der Waals surface area contributed by atoms with Gasteiger partial charge in [0.25, 0.3) is 0 Å². The van der Waals surface area contributed by atoms with E-state index < -0.39 is 12.7 Å². The average molecular weight is 326 g/mol. The van der Waals surface area contributed by atoms with Crippen molar-refractivity contribution < 1.29 is 23.0 Å². The van der Waals surface area contributed by atoms with Crippen LogP contribution < -0.4 is 4.74 Å². The molecule has 21 heavy (non-hydrogen) atoms. The van der Waals surface area contributed by atoms with Gasteiger partial charge in [0.05, 0.1) is 13.2 Å². The molecule has 1 aliphatic heterocycles. The second-order valence-electron chi connectivity index (χ2n) is 5.14. The van der Waals surface area contributed by atoms with E-state index in [-0.39, 0.29) is 24.1 Å². The molecule has 7 heteroatoms. The maximum absolute atomic E-state index is 12.3. The van der Waals surface area contributed by atoms with Crippen molar-refractivity contribution in [3.05, 3.63) is 24.3 Å². The van der Waals surface area contributed by atoms with Gasteiger partial charge in [-0.15, -0.1) is 12.4 Å². The molecule has 1 heterocycles. The maximum Gasteiger partial charge on any atom is 0.401 e. The zero-order valence-electron chi connectivity index (χ0n) is 11.5. The summed E-state index contributed by atoms with van der Waals surface area (Å²) in [7, 11) is 0. The average Bonchev–Trinajstić information content (AvgIpc) is 2.38. The van der Waals surface area contributed by atoms with Crippen LogP contribution in [-0.2, 0) is 0 Å². The number of benzene rings is 1. The van der Waals surface area contributed by atoms with Gasteiger partial charge in [-0.25, -0.2) is 0 Å². The fourth-order valence-electron chi connectivity index (χ4n) is 2.32. The van der Waals surface area contributed by atoms with E-state index in [1.807, 2.05) is 0 Å². The molecule has 0 aliphatic carbocycles. The Kier molecular flexibility index (Phi) is 6.61. The molecule has 0 unspecified atom stereocenters. The second-order valence-corrected chi connectivity index (χ2v) is 5.14. The van der Waals surface area contributed by atoms with Crippen LogP contribution in [0.3, 0.4) is 0 Å². The molecule has 1 fully saturated rings.